The molecule has 1 radical (unpaired) electrons. The lowest BCUT2D eigenvalue weighted by atomic mass is 10.4. The second-order valence-electron chi connectivity index (χ2n) is 1.65. The minimum Gasteiger partial charge on any atom is -0.392 e. The molecule has 0 aromatic rings. The van der Waals surface area contributed by atoms with Gasteiger partial charge in [0.15, 0.2) is 0 Å². The van der Waals surface area contributed by atoms with Gasteiger partial charge in [0, 0.05) is 13.1 Å². The van der Waals surface area contributed by atoms with Gasteiger partial charge in [-0.25, -0.2) is 0 Å². The first-order valence-corrected chi connectivity index (χ1v) is 2.72. The lowest BCUT2D eigenvalue weighted by Crippen LogP contribution is -2.24. The Morgan fingerprint density at radius 2 is 2.50 bits per heavy atom. The van der Waals surface area contributed by atoms with Crippen LogP contribution in [-0.2, 0) is 0 Å². The van der Waals surface area contributed by atoms with E-state index >= 15 is 0 Å². The molecule has 0 aromatic heterocycles. The van der Waals surface area contributed by atoms with Crippen LogP contribution in [0.5, 0.6) is 0 Å². The highest BCUT2D eigenvalue weighted by atomic mass is 16.3. The van der Waals surface area contributed by atoms with Crippen LogP contribution < -0.4 is 11.1 Å². The van der Waals surface area contributed by atoms with Crippen LogP contribution in [0.1, 0.15) is 6.92 Å². The molecule has 0 fully saturated rings. The predicted molar refractivity (Wildman–Crippen MR) is 33.0 cm³/mol. The van der Waals surface area contributed by atoms with Crippen LogP contribution in [0.4, 0.5) is 0 Å². The number of rotatable bonds is 4. The Balaban J connectivity index is 2.72. The first-order valence-electron chi connectivity index (χ1n) is 2.72. The third-order valence-electron chi connectivity index (χ3n) is 0.648. The Morgan fingerprint density at radius 3 is 2.88 bits per heavy atom. The van der Waals surface area contributed by atoms with Gasteiger partial charge in [-0.05, 0) is 6.92 Å². The Kier molecular flexibility index (Phi) is 4.95. The first kappa shape index (κ1) is 7.88. The molecule has 0 aliphatic heterocycles. The molecule has 0 spiro atoms. The molecule has 0 rings (SSSR count). The van der Waals surface area contributed by atoms with E-state index in [1.807, 2.05) is 0 Å². The van der Waals surface area contributed by atoms with Gasteiger partial charge in [-0.1, -0.05) is 0 Å². The quantitative estimate of drug-likeness (QED) is 0.417. The summed E-state index contributed by atoms with van der Waals surface area (Å²) in [5, 5.41) is 11.5. The van der Waals surface area contributed by atoms with Crippen molar-refractivity contribution in [1.82, 2.24) is 5.32 Å². The van der Waals surface area contributed by atoms with Gasteiger partial charge in [-0.3, -0.25) is 0 Å². The molecule has 0 heterocycles. The minimum atomic E-state index is -0.387. The number of hydrogen-bond acceptors (Lipinski definition) is 3. The van der Waals surface area contributed by atoms with E-state index in [0.29, 0.717) is 6.54 Å². The van der Waals surface area contributed by atoms with Crippen LogP contribution in [-0.4, -0.2) is 24.3 Å². The Morgan fingerprint density at radius 1 is 1.88 bits per heavy atom. The molecule has 0 saturated heterocycles. The molecule has 3 nitrogen and oxygen atoms in total. The van der Waals surface area contributed by atoms with E-state index in [1.165, 1.54) is 0 Å². The zero-order valence-electron chi connectivity index (χ0n) is 5.09. The highest BCUT2D eigenvalue weighted by Gasteiger charge is 1.91. The van der Waals surface area contributed by atoms with E-state index in [2.05, 4.69) is 5.32 Å². The molecule has 0 aromatic carbocycles. The zero-order chi connectivity index (χ0) is 6.41. The van der Waals surface area contributed by atoms with Crippen molar-refractivity contribution in [2.45, 2.75) is 13.0 Å². The van der Waals surface area contributed by atoms with Crippen molar-refractivity contribution in [2.75, 3.05) is 13.1 Å². The van der Waals surface area contributed by atoms with Crippen molar-refractivity contribution in [1.29, 1.82) is 0 Å². The Labute approximate surface area is 49.9 Å². The first-order chi connectivity index (χ1) is 3.77. The van der Waals surface area contributed by atoms with Crippen molar-refractivity contribution in [3.05, 3.63) is 6.54 Å². The summed E-state index contributed by atoms with van der Waals surface area (Å²) >= 11 is 0. The van der Waals surface area contributed by atoms with Gasteiger partial charge < -0.3 is 16.2 Å². The van der Waals surface area contributed by atoms with Gasteiger partial charge in [-0.15, -0.1) is 0 Å². The molecule has 3 heteroatoms. The molecular weight excluding hydrogens is 104 g/mol. The Hall–Kier alpha value is -0.120. The summed E-state index contributed by atoms with van der Waals surface area (Å²) in [5.74, 6) is 0. The maximum atomic E-state index is 8.62. The third-order valence-corrected chi connectivity index (χ3v) is 0.648. The zero-order valence-corrected chi connectivity index (χ0v) is 5.09. The molecule has 0 aliphatic carbocycles. The van der Waals surface area contributed by atoms with Crippen LogP contribution in [0, 0.1) is 6.54 Å². The van der Waals surface area contributed by atoms with Gasteiger partial charge in [0.1, 0.15) is 0 Å². The predicted octanol–water partition coefficient (Wildman–Crippen LogP) is -0.923. The van der Waals surface area contributed by atoms with Crippen molar-refractivity contribution < 1.29 is 5.11 Å². The maximum Gasteiger partial charge on any atom is 0.0681 e. The van der Waals surface area contributed by atoms with Crippen molar-refractivity contribution in [3.8, 4) is 0 Å². The molecule has 0 bridgehead atoms. The second kappa shape index (κ2) is 5.03. The average Bonchev–Trinajstić information content (AvgIpc) is 1.66. The van der Waals surface area contributed by atoms with Gasteiger partial charge in [-0.2, -0.15) is 0 Å². The van der Waals surface area contributed by atoms with E-state index in [1.54, 1.807) is 13.5 Å². The number of nitrogens with one attached hydrogen (secondary N) is 1. The van der Waals surface area contributed by atoms with E-state index in [4.69, 9.17) is 10.8 Å². The van der Waals surface area contributed by atoms with Gasteiger partial charge in [0.2, 0.25) is 0 Å². The van der Waals surface area contributed by atoms with Gasteiger partial charge in [0.05, 0.1) is 12.6 Å². The summed E-state index contributed by atoms with van der Waals surface area (Å²) in [6.07, 6.45) is -0.387. The van der Waals surface area contributed by atoms with Crippen molar-refractivity contribution >= 4 is 0 Å². The summed E-state index contributed by atoms with van der Waals surface area (Å²) in [5.41, 5.74) is 5.15. The lowest BCUT2D eigenvalue weighted by molar-refractivity contribution is 0.218. The Bertz CT molecular complexity index is 47.7. The second-order valence-corrected chi connectivity index (χ2v) is 1.65. The SMILES string of the molecule is CC(O)[CH]NCCN. The summed E-state index contributed by atoms with van der Waals surface area (Å²) in [6, 6.07) is 0. The summed E-state index contributed by atoms with van der Waals surface area (Å²) in [4.78, 5) is 0. The normalized spacial score (nSPS) is 13.9. The molecule has 0 amide bonds. The summed E-state index contributed by atoms with van der Waals surface area (Å²) in [7, 11) is 0. The smallest absolute Gasteiger partial charge is 0.0681 e. The third kappa shape index (κ3) is 5.88. The molecule has 49 valence electrons. The van der Waals surface area contributed by atoms with E-state index < -0.39 is 0 Å². The van der Waals surface area contributed by atoms with E-state index in [0.717, 1.165) is 6.54 Å². The van der Waals surface area contributed by atoms with Crippen molar-refractivity contribution in [2.24, 2.45) is 5.73 Å². The number of aliphatic hydroxyl groups excluding tert-OH is 1. The van der Waals surface area contributed by atoms with Crippen LogP contribution in [0.2, 0.25) is 0 Å². The maximum absolute atomic E-state index is 8.62. The molecular formula is C5H13N2O. The molecule has 1 atom stereocenters. The fourth-order valence-corrected chi connectivity index (χ4v) is 0.337. The van der Waals surface area contributed by atoms with Gasteiger partial charge >= 0.3 is 0 Å². The highest BCUT2D eigenvalue weighted by molar-refractivity contribution is 4.67. The van der Waals surface area contributed by atoms with E-state index in [-0.39, 0.29) is 6.10 Å². The monoisotopic (exact) mass is 117 g/mol. The summed E-state index contributed by atoms with van der Waals surface area (Å²) < 4.78 is 0. The fraction of sp³-hybridized carbons (Fsp3) is 0.800. The fourth-order valence-electron chi connectivity index (χ4n) is 0.337. The number of aliphatic hydroxyl groups is 1. The molecule has 8 heavy (non-hydrogen) atoms. The largest absolute Gasteiger partial charge is 0.392 e. The van der Waals surface area contributed by atoms with Crippen LogP contribution in [0.25, 0.3) is 0 Å². The standard InChI is InChI=1S/C5H13N2O/c1-5(8)4-7-3-2-6/h4-5,7-8H,2-3,6H2,1H3. The average molecular weight is 117 g/mol. The molecule has 1 unspecified atom stereocenters. The molecule has 0 aliphatic rings. The van der Waals surface area contributed by atoms with Crippen LogP contribution in [0.3, 0.4) is 0 Å². The topological polar surface area (TPSA) is 58.3 Å². The lowest BCUT2D eigenvalue weighted by Gasteiger charge is -2.02. The van der Waals surface area contributed by atoms with E-state index in [9.17, 15) is 0 Å². The van der Waals surface area contributed by atoms with Crippen LogP contribution >= 0.6 is 0 Å². The summed E-state index contributed by atoms with van der Waals surface area (Å²) in [6.45, 7) is 4.62. The van der Waals surface area contributed by atoms with Crippen molar-refractivity contribution in [3.63, 3.8) is 0 Å². The van der Waals surface area contributed by atoms with Gasteiger partial charge in [0.25, 0.3) is 0 Å². The highest BCUT2D eigenvalue weighted by Crippen LogP contribution is 1.78. The molecule has 4 N–H and O–H groups in total. The van der Waals surface area contributed by atoms with Crippen LogP contribution in [0.15, 0.2) is 0 Å². The number of nitrogens with two attached hydrogens (primary N) is 1. The molecule has 0 saturated carbocycles. The number of hydrogen-bond donors (Lipinski definition) is 3. The minimum absolute atomic E-state index is 0.387.